The van der Waals surface area contributed by atoms with Gasteiger partial charge in [-0.3, -0.25) is 9.59 Å². The van der Waals surface area contributed by atoms with E-state index in [9.17, 15) is 14.7 Å². The van der Waals surface area contributed by atoms with Crippen LogP contribution in [0.25, 0.3) is 10.7 Å². The van der Waals surface area contributed by atoms with Crippen molar-refractivity contribution < 1.29 is 14.4 Å². The Morgan fingerprint density at radius 2 is 2.38 bits per heavy atom. The van der Waals surface area contributed by atoms with E-state index < -0.39 is 17.2 Å². The molecule has 0 aromatic carbocycles. The first-order valence-electron chi connectivity index (χ1n) is 6.64. The topological polar surface area (TPSA) is 121 Å². The number of aromatic amines is 1. The summed E-state index contributed by atoms with van der Waals surface area (Å²) in [7, 11) is 0. The van der Waals surface area contributed by atoms with Gasteiger partial charge in [0.2, 0.25) is 5.75 Å². The molecule has 3 rings (SSSR count). The lowest BCUT2D eigenvalue weighted by atomic mass is 10.3. The molecule has 24 heavy (non-hydrogen) atoms. The van der Waals surface area contributed by atoms with E-state index in [0.717, 1.165) is 0 Å². The van der Waals surface area contributed by atoms with E-state index in [0.29, 0.717) is 16.3 Å². The van der Waals surface area contributed by atoms with Crippen molar-refractivity contribution in [2.24, 2.45) is 0 Å². The van der Waals surface area contributed by atoms with Crippen molar-refractivity contribution in [2.75, 3.05) is 0 Å². The number of nitrogens with zero attached hydrogens (tertiary/aromatic N) is 2. The molecule has 0 fully saturated rings. The molecule has 0 radical (unpaired) electrons. The third-order valence-electron chi connectivity index (χ3n) is 2.99. The molecule has 3 N–H and O–H groups in total. The molecule has 0 saturated heterocycles. The minimum absolute atomic E-state index is 0.0112. The predicted molar refractivity (Wildman–Crippen MR) is 90.3 cm³/mol. The molecule has 0 unspecified atom stereocenters. The second kappa shape index (κ2) is 6.72. The molecule has 0 aliphatic rings. The van der Waals surface area contributed by atoms with Gasteiger partial charge in [0, 0.05) is 11.4 Å². The van der Waals surface area contributed by atoms with Crippen molar-refractivity contribution >= 4 is 34.8 Å². The van der Waals surface area contributed by atoms with Crippen LogP contribution < -0.4 is 10.9 Å². The zero-order valence-corrected chi connectivity index (χ0v) is 13.6. The molecule has 0 spiro atoms. The summed E-state index contributed by atoms with van der Waals surface area (Å²) < 4.78 is 4.97. The fourth-order valence-electron chi connectivity index (χ4n) is 1.87. The maximum atomic E-state index is 12.2. The Labute approximate surface area is 144 Å². The third kappa shape index (κ3) is 3.24. The normalized spacial score (nSPS) is 10.5. The smallest absolute Gasteiger partial charge is 0.294 e. The van der Waals surface area contributed by atoms with Crippen molar-refractivity contribution in [1.29, 1.82) is 0 Å². The van der Waals surface area contributed by atoms with Gasteiger partial charge in [-0.05, 0) is 11.4 Å². The van der Waals surface area contributed by atoms with Crippen LogP contribution in [0.15, 0.2) is 32.9 Å². The lowest BCUT2D eigenvalue weighted by molar-refractivity contribution is 0.0938. The van der Waals surface area contributed by atoms with Crippen LogP contribution in [0.3, 0.4) is 0 Å². The summed E-state index contributed by atoms with van der Waals surface area (Å²) >= 11 is 6.06. The first-order valence-corrected chi connectivity index (χ1v) is 7.99. The molecule has 0 saturated carbocycles. The van der Waals surface area contributed by atoms with Crippen molar-refractivity contribution in [3.8, 4) is 16.5 Å². The van der Waals surface area contributed by atoms with Crippen LogP contribution in [0.5, 0.6) is 5.75 Å². The van der Waals surface area contributed by atoms with Crippen LogP contribution in [0.4, 0.5) is 0 Å². The van der Waals surface area contributed by atoms with E-state index in [1.807, 2.05) is 0 Å². The lowest BCUT2D eigenvalue weighted by Gasteiger charge is -2.06. The number of hydrogen-bond acceptors (Lipinski definition) is 8. The number of aromatic nitrogens is 3. The van der Waals surface area contributed by atoms with Gasteiger partial charge in [-0.2, -0.15) is 0 Å². The number of nitrogens with one attached hydrogen (secondary N) is 2. The third-order valence-corrected chi connectivity index (χ3v) is 4.10. The molecule has 10 heteroatoms. The minimum Gasteiger partial charge on any atom is -0.501 e. The Morgan fingerprint density at radius 3 is 3.04 bits per heavy atom. The van der Waals surface area contributed by atoms with Gasteiger partial charge in [-0.1, -0.05) is 23.4 Å². The number of thiophene rings is 1. The lowest BCUT2D eigenvalue weighted by Crippen LogP contribution is -2.26. The summed E-state index contributed by atoms with van der Waals surface area (Å²) in [6.07, 6.45) is 0. The molecule has 0 atom stereocenters. The number of H-pyrrole nitrogens is 1. The van der Waals surface area contributed by atoms with E-state index in [1.54, 1.807) is 23.6 Å². The predicted octanol–water partition coefficient (Wildman–Crippen LogP) is 1.47. The van der Waals surface area contributed by atoms with E-state index in [2.05, 4.69) is 20.4 Å². The van der Waals surface area contributed by atoms with Gasteiger partial charge >= 0.3 is 0 Å². The van der Waals surface area contributed by atoms with Gasteiger partial charge in [0.15, 0.2) is 17.3 Å². The summed E-state index contributed by atoms with van der Waals surface area (Å²) in [4.78, 5) is 31.2. The summed E-state index contributed by atoms with van der Waals surface area (Å²) in [5.41, 5.74) is -0.690. The average Bonchev–Trinajstić information content (AvgIpc) is 3.26. The monoisotopic (exact) mass is 362 g/mol. The van der Waals surface area contributed by atoms with Crippen LogP contribution in [-0.2, 0) is 6.54 Å². The van der Waals surface area contributed by atoms with Crippen LogP contribution >= 0.6 is 23.6 Å². The second-order valence-electron chi connectivity index (χ2n) is 4.61. The van der Waals surface area contributed by atoms with Crippen molar-refractivity contribution in [3.05, 3.63) is 51.1 Å². The molecule has 1 amide bonds. The number of thiocarbonyl (C=S) groups is 1. The maximum absolute atomic E-state index is 12.2. The summed E-state index contributed by atoms with van der Waals surface area (Å²) in [6, 6.07) is 5.09. The fourth-order valence-corrected chi connectivity index (χ4v) is 2.65. The quantitative estimate of drug-likeness (QED) is 0.588. The molecule has 3 aromatic rings. The maximum Gasteiger partial charge on any atom is 0.294 e. The fraction of sp³-hybridized carbons (Fsp3) is 0.0714. The molecule has 8 nitrogen and oxygen atoms in total. The van der Waals surface area contributed by atoms with E-state index >= 15 is 0 Å². The van der Waals surface area contributed by atoms with Gasteiger partial charge in [-0.25, -0.2) is 4.98 Å². The Kier molecular flexibility index (Phi) is 4.49. The summed E-state index contributed by atoms with van der Waals surface area (Å²) in [5, 5.41) is 19.1. The summed E-state index contributed by atoms with van der Waals surface area (Å²) in [5.74, 6) is -0.871. The van der Waals surface area contributed by atoms with E-state index in [1.165, 1.54) is 16.7 Å². The van der Waals surface area contributed by atoms with Gasteiger partial charge in [0.05, 0.1) is 11.4 Å². The molecular weight excluding hydrogens is 352 g/mol. The molecule has 3 aromatic heterocycles. The highest BCUT2D eigenvalue weighted by atomic mass is 32.1. The second-order valence-corrected chi connectivity index (χ2v) is 5.79. The Morgan fingerprint density at radius 1 is 1.54 bits per heavy atom. The Hall–Kier alpha value is -2.85. The van der Waals surface area contributed by atoms with Crippen molar-refractivity contribution in [3.63, 3.8) is 0 Å². The molecular formula is C14H10N4O4S2. The zero-order valence-electron chi connectivity index (χ0n) is 12.0. The largest absolute Gasteiger partial charge is 0.501 e. The molecule has 122 valence electrons. The number of aromatic hydroxyl groups is 1. The highest BCUT2D eigenvalue weighted by molar-refractivity contribution is 7.79. The number of rotatable bonds is 5. The minimum atomic E-state index is -0.791. The van der Waals surface area contributed by atoms with Gasteiger partial charge in [0.1, 0.15) is 5.69 Å². The molecule has 0 aliphatic heterocycles. The number of carbonyl (C=O) groups is 1. The Bertz CT molecular complexity index is 946. The zero-order chi connectivity index (χ0) is 17.1. The van der Waals surface area contributed by atoms with Crippen molar-refractivity contribution in [2.45, 2.75) is 6.54 Å². The van der Waals surface area contributed by atoms with Gasteiger partial charge in [0.25, 0.3) is 11.5 Å². The summed E-state index contributed by atoms with van der Waals surface area (Å²) in [6.45, 7) is 0.0112. The Balaban J connectivity index is 1.83. The van der Waals surface area contributed by atoms with E-state index in [-0.39, 0.29) is 18.1 Å². The first-order chi connectivity index (χ1) is 11.6. The van der Waals surface area contributed by atoms with Gasteiger partial charge in [-0.15, -0.1) is 11.3 Å². The van der Waals surface area contributed by atoms with E-state index in [4.69, 9.17) is 16.7 Å². The first kappa shape index (κ1) is 16.0. The van der Waals surface area contributed by atoms with Crippen LogP contribution in [0.2, 0.25) is 0 Å². The van der Waals surface area contributed by atoms with Crippen LogP contribution in [-0.4, -0.2) is 31.5 Å². The van der Waals surface area contributed by atoms with Crippen molar-refractivity contribution in [1.82, 2.24) is 20.4 Å². The number of carbonyl (C=O) groups excluding carboxylic acids is 1. The molecule has 0 aliphatic carbocycles. The average molecular weight is 362 g/mol. The highest BCUT2D eigenvalue weighted by Crippen LogP contribution is 2.21. The van der Waals surface area contributed by atoms with Crippen LogP contribution in [0.1, 0.15) is 21.9 Å². The van der Waals surface area contributed by atoms with Crippen LogP contribution in [0, 0.1) is 0 Å². The standard InChI is InChI=1S/C14H10N4O4S2/c19-11-10(13(20)15-5-8-4-7(6-23)18-22-8)16-12(17-14(11)21)9-2-1-3-24-9/h1-4,6,19H,5H2,(H,15,20)(H,16,17,21). The number of hydrogen-bond donors (Lipinski definition) is 3. The number of amides is 1. The SMILES string of the molecule is O=C(NCc1cc(C=S)no1)c1nc(-c2cccs2)[nH]c(=O)c1O. The highest BCUT2D eigenvalue weighted by Gasteiger charge is 2.19. The molecule has 3 heterocycles. The van der Waals surface area contributed by atoms with Gasteiger partial charge < -0.3 is 19.9 Å². The molecule has 0 bridgehead atoms.